The largest absolute Gasteiger partial charge is 0.357 e. The van der Waals surface area contributed by atoms with Gasteiger partial charge in [0.05, 0.1) is 17.6 Å². The highest BCUT2D eigenvalue weighted by atomic mass is 35.5. The number of hydrogen-bond acceptors (Lipinski definition) is 3. The van der Waals surface area contributed by atoms with Crippen LogP contribution in [0.15, 0.2) is 48.7 Å². The molecule has 0 atom stereocenters. The van der Waals surface area contributed by atoms with Crippen molar-refractivity contribution in [3.05, 3.63) is 76.2 Å². The quantitative estimate of drug-likeness (QED) is 0.580. The molecule has 0 bridgehead atoms. The zero-order chi connectivity index (χ0) is 18.4. The molecule has 3 heterocycles. The number of aryl methyl sites for hydroxylation is 1. The van der Waals surface area contributed by atoms with Crippen molar-refractivity contribution in [1.82, 2.24) is 24.9 Å². The Kier molecular flexibility index (Phi) is 3.99. The van der Waals surface area contributed by atoms with Gasteiger partial charge in [0.1, 0.15) is 0 Å². The van der Waals surface area contributed by atoms with E-state index in [2.05, 4.69) is 44.5 Å². The lowest BCUT2D eigenvalue weighted by Gasteiger charge is -2.25. The summed E-state index contributed by atoms with van der Waals surface area (Å²) < 4.78 is 1.79. The van der Waals surface area contributed by atoms with Gasteiger partial charge in [0.25, 0.3) is 0 Å². The number of para-hydroxylation sites is 1. The van der Waals surface area contributed by atoms with Gasteiger partial charge in [-0.2, -0.15) is 0 Å². The van der Waals surface area contributed by atoms with E-state index in [4.69, 9.17) is 11.6 Å². The van der Waals surface area contributed by atoms with Crippen molar-refractivity contribution in [2.45, 2.75) is 26.4 Å². The number of aromatic amines is 1. The summed E-state index contributed by atoms with van der Waals surface area (Å²) in [7, 11) is 0. The second kappa shape index (κ2) is 6.51. The normalized spacial score (nSPS) is 14.6. The molecule has 136 valence electrons. The summed E-state index contributed by atoms with van der Waals surface area (Å²) in [6.45, 7) is 4.72. The maximum absolute atomic E-state index is 6.23. The maximum Gasteiger partial charge on any atom is 0.0971 e. The van der Waals surface area contributed by atoms with Crippen LogP contribution >= 0.6 is 11.6 Å². The number of rotatable bonds is 3. The van der Waals surface area contributed by atoms with Crippen molar-refractivity contribution in [3.8, 4) is 5.69 Å². The van der Waals surface area contributed by atoms with Gasteiger partial charge in [-0.3, -0.25) is 4.90 Å². The number of halogens is 1. The Bertz CT molecular complexity index is 1130. The van der Waals surface area contributed by atoms with Crippen LogP contribution in [0.1, 0.15) is 22.5 Å². The molecule has 1 N–H and O–H groups in total. The van der Waals surface area contributed by atoms with E-state index in [1.54, 1.807) is 4.68 Å². The molecule has 5 rings (SSSR count). The van der Waals surface area contributed by atoms with Crippen molar-refractivity contribution in [2.24, 2.45) is 0 Å². The molecule has 0 amide bonds. The van der Waals surface area contributed by atoms with E-state index in [0.29, 0.717) is 0 Å². The topological polar surface area (TPSA) is 49.7 Å². The van der Waals surface area contributed by atoms with Crippen molar-refractivity contribution >= 4 is 22.5 Å². The zero-order valence-electron chi connectivity index (χ0n) is 15.1. The molecule has 1 aliphatic heterocycles. The van der Waals surface area contributed by atoms with Gasteiger partial charge in [0.2, 0.25) is 0 Å². The van der Waals surface area contributed by atoms with Crippen LogP contribution in [0.5, 0.6) is 0 Å². The molecule has 0 fully saturated rings. The second-order valence-electron chi connectivity index (χ2n) is 7.18. The molecule has 27 heavy (non-hydrogen) atoms. The number of hydrogen-bond donors (Lipinski definition) is 1. The van der Waals surface area contributed by atoms with Gasteiger partial charge in [0, 0.05) is 41.3 Å². The van der Waals surface area contributed by atoms with Crippen molar-refractivity contribution in [2.75, 3.05) is 6.54 Å². The fraction of sp³-hybridized carbons (Fsp3) is 0.238. The molecule has 6 heteroatoms. The minimum absolute atomic E-state index is 0.743. The predicted octanol–water partition coefficient (Wildman–Crippen LogP) is 4.27. The molecule has 0 radical (unpaired) electrons. The molecule has 1 aliphatic rings. The van der Waals surface area contributed by atoms with Crippen LogP contribution in [0, 0.1) is 6.92 Å². The van der Waals surface area contributed by atoms with Crippen molar-refractivity contribution in [1.29, 1.82) is 0 Å². The lowest BCUT2D eigenvalue weighted by molar-refractivity contribution is 0.240. The molecule has 0 aliphatic carbocycles. The summed E-state index contributed by atoms with van der Waals surface area (Å²) in [5.41, 5.74) is 6.96. The number of H-pyrrole nitrogens is 1. The Morgan fingerprint density at radius 3 is 2.96 bits per heavy atom. The van der Waals surface area contributed by atoms with E-state index in [1.165, 1.54) is 22.2 Å². The van der Waals surface area contributed by atoms with Gasteiger partial charge in [-0.1, -0.05) is 41.1 Å². The summed E-state index contributed by atoms with van der Waals surface area (Å²) in [4.78, 5) is 5.99. The van der Waals surface area contributed by atoms with Gasteiger partial charge < -0.3 is 4.98 Å². The lowest BCUT2D eigenvalue weighted by atomic mass is 10.0. The molecule has 2 aromatic carbocycles. The van der Waals surface area contributed by atoms with Crippen molar-refractivity contribution < 1.29 is 0 Å². The molecule has 0 saturated carbocycles. The summed E-state index contributed by atoms with van der Waals surface area (Å²) in [6, 6.07) is 14.5. The number of aromatic nitrogens is 4. The first-order valence-electron chi connectivity index (χ1n) is 9.16. The fourth-order valence-corrected chi connectivity index (χ4v) is 4.01. The number of benzene rings is 2. The summed E-state index contributed by atoms with van der Waals surface area (Å²) in [6.07, 6.45) is 3.04. The van der Waals surface area contributed by atoms with Crippen LogP contribution in [-0.2, 0) is 19.5 Å². The smallest absolute Gasteiger partial charge is 0.0971 e. The monoisotopic (exact) mass is 377 g/mol. The molecule has 0 unspecified atom stereocenters. The van der Waals surface area contributed by atoms with Crippen LogP contribution in [0.2, 0.25) is 5.02 Å². The number of nitrogens with one attached hydrogen (secondary N) is 1. The fourth-order valence-electron chi connectivity index (χ4n) is 3.83. The Balaban J connectivity index is 1.34. The van der Waals surface area contributed by atoms with Crippen LogP contribution in [0.25, 0.3) is 16.6 Å². The molecule has 0 saturated heterocycles. The lowest BCUT2D eigenvalue weighted by Crippen LogP contribution is -2.30. The minimum atomic E-state index is 0.743. The predicted molar refractivity (Wildman–Crippen MR) is 107 cm³/mol. The standard InChI is InChI=1S/C21H20ClN5/c1-14-6-7-16(10-19(14)22)27-12-15(24-25-27)11-26-9-8-18-17-4-2-3-5-20(17)23-21(18)13-26/h2-7,10,12,23H,8-9,11,13H2,1H3. The first-order valence-corrected chi connectivity index (χ1v) is 9.54. The highest BCUT2D eigenvalue weighted by molar-refractivity contribution is 6.31. The third kappa shape index (κ3) is 3.03. The highest BCUT2D eigenvalue weighted by Gasteiger charge is 2.21. The first kappa shape index (κ1) is 16.5. The number of nitrogens with zero attached hydrogens (tertiary/aromatic N) is 4. The van der Waals surface area contributed by atoms with E-state index < -0.39 is 0 Å². The van der Waals surface area contributed by atoms with Crippen LogP contribution in [0.4, 0.5) is 0 Å². The highest BCUT2D eigenvalue weighted by Crippen LogP contribution is 2.28. The molecular weight excluding hydrogens is 358 g/mol. The summed E-state index contributed by atoms with van der Waals surface area (Å²) in [5, 5.41) is 10.7. The van der Waals surface area contributed by atoms with E-state index in [0.717, 1.165) is 48.0 Å². The summed E-state index contributed by atoms with van der Waals surface area (Å²) in [5.74, 6) is 0. The van der Waals surface area contributed by atoms with Gasteiger partial charge >= 0.3 is 0 Å². The third-order valence-electron chi connectivity index (χ3n) is 5.31. The van der Waals surface area contributed by atoms with E-state index in [1.807, 2.05) is 31.3 Å². The third-order valence-corrected chi connectivity index (χ3v) is 5.72. The average Bonchev–Trinajstić information content (AvgIpc) is 3.28. The number of fused-ring (bicyclic) bond motifs is 3. The minimum Gasteiger partial charge on any atom is -0.357 e. The Morgan fingerprint density at radius 2 is 2.07 bits per heavy atom. The van der Waals surface area contributed by atoms with Gasteiger partial charge in [-0.05, 0) is 42.7 Å². The molecule has 0 spiro atoms. The SMILES string of the molecule is Cc1ccc(-n2cc(CN3CCc4c([nH]c5ccccc45)C3)nn2)cc1Cl. The average molecular weight is 378 g/mol. The molecule has 2 aromatic heterocycles. The first-order chi connectivity index (χ1) is 13.2. The van der Waals surface area contributed by atoms with Crippen molar-refractivity contribution in [3.63, 3.8) is 0 Å². The van der Waals surface area contributed by atoms with E-state index in [9.17, 15) is 0 Å². The van der Waals surface area contributed by atoms with Gasteiger partial charge in [0.15, 0.2) is 0 Å². The second-order valence-corrected chi connectivity index (χ2v) is 7.58. The molecule has 5 nitrogen and oxygen atoms in total. The van der Waals surface area contributed by atoms with Crippen LogP contribution < -0.4 is 0 Å². The molecular formula is C21H20ClN5. The maximum atomic E-state index is 6.23. The van der Waals surface area contributed by atoms with E-state index >= 15 is 0 Å². The van der Waals surface area contributed by atoms with Gasteiger partial charge in [-0.15, -0.1) is 5.10 Å². The summed E-state index contributed by atoms with van der Waals surface area (Å²) >= 11 is 6.23. The van der Waals surface area contributed by atoms with Crippen LogP contribution in [0.3, 0.4) is 0 Å². The Labute approximate surface area is 162 Å². The van der Waals surface area contributed by atoms with Gasteiger partial charge in [-0.25, -0.2) is 4.68 Å². The molecule has 4 aromatic rings. The zero-order valence-corrected chi connectivity index (χ0v) is 15.9. The Hall–Kier alpha value is -2.63. The van der Waals surface area contributed by atoms with Crippen LogP contribution in [-0.4, -0.2) is 31.4 Å². The van der Waals surface area contributed by atoms with E-state index in [-0.39, 0.29) is 0 Å². The Morgan fingerprint density at radius 1 is 1.19 bits per heavy atom.